The molecular formula is C21H20N2O6. The second-order valence-electron chi connectivity index (χ2n) is 6.19. The lowest BCUT2D eigenvalue weighted by atomic mass is 10.2. The number of carbonyl (C=O) groups is 3. The van der Waals surface area contributed by atoms with Crippen molar-refractivity contribution in [1.29, 1.82) is 0 Å². The van der Waals surface area contributed by atoms with Crippen LogP contribution < -0.4 is 20.5 Å². The molecule has 0 bridgehead atoms. The minimum absolute atomic E-state index is 0.328. The minimum Gasteiger partial charge on any atom is -0.490 e. The maximum atomic E-state index is 11.9. The number of ether oxygens (including phenoxy) is 3. The lowest BCUT2D eigenvalue weighted by molar-refractivity contribution is -0.142. The second kappa shape index (κ2) is 9.41. The Morgan fingerprint density at radius 2 is 1.76 bits per heavy atom. The van der Waals surface area contributed by atoms with E-state index in [4.69, 9.17) is 19.9 Å². The van der Waals surface area contributed by atoms with E-state index in [-0.39, 0.29) is 0 Å². The Balaban J connectivity index is 1.48. The summed E-state index contributed by atoms with van der Waals surface area (Å²) in [5, 5.41) is 2.55. The number of hydrogen-bond acceptors (Lipinski definition) is 6. The molecule has 0 saturated carbocycles. The fourth-order valence-electron chi connectivity index (χ4n) is 2.55. The van der Waals surface area contributed by atoms with Crippen molar-refractivity contribution >= 4 is 29.5 Å². The van der Waals surface area contributed by atoms with Gasteiger partial charge in [-0.2, -0.15) is 0 Å². The summed E-state index contributed by atoms with van der Waals surface area (Å²) >= 11 is 0. The maximum Gasteiger partial charge on any atom is 0.331 e. The molecule has 0 radical (unpaired) electrons. The SMILES string of the molecule is NC(=O)c1ccc(NC(=O)COC(=O)/C=C/c2ccc3c(c2)OCCCO3)cc1. The van der Waals surface area contributed by atoms with Gasteiger partial charge in [-0.3, -0.25) is 9.59 Å². The Labute approximate surface area is 167 Å². The molecule has 2 amide bonds. The topological polar surface area (TPSA) is 117 Å². The first-order valence-corrected chi connectivity index (χ1v) is 8.95. The monoisotopic (exact) mass is 396 g/mol. The molecule has 1 aliphatic heterocycles. The zero-order valence-electron chi connectivity index (χ0n) is 15.6. The molecule has 0 aromatic heterocycles. The van der Waals surface area contributed by atoms with Gasteiger partial charge >= 0.3 is 5.97 Å². The van der Waals surface area contributed by atoms with Gasteiger partial charge in [0.1, 0.15) is 0 Å². The fraction of sp³-hybridized carbons (Fsp3) is 0.190. The Morgan fingerprint density at radius 1 is 1.03 bits per heavy atom. The first-order chi connectivity index (χ1) is 14.0. The number of fused-ring (bicyclic) bond motifs is 1. The van der Waals surface area contributed by atoms with Crippen molar-refractivity contribution in [2.24, 2.45) is 5.73 Å². The molecule has 3 rings (SSSR count). The Bertz CT molecular complexity index is 937. The van der Waals surface area contributed by atoms with Crippen molar-refractivity contribution < 1.29 is 28.6 Å². The van der Waals surface area contributed by atoms with Gasteiger partial charge in [0.25, 0.3) is 5.91 Å². The van der Waals surface area contributed by atoms with Crippen LogP contribution in [0.5, 0.6) is 11.5 Å². The number of hydrogen-bond donors (Lipinski definition) is 2. The van der Waals surface area contributed by atoms with Gasteiger partial charge in [-0.05, 0) is 48.0 Å². The van der Waals surface area contributed by atoms with E-state index in [1.807, 2.05) is 0 Å². The van der Waals surface area contributed by atoms with Gasteiger partial charge < -0.3 is 25.3 Å². The van der Waals surface area contributed by atoms with E-state index in [0.717, 1.165) is 12.0 Å². The highest BCUT2D eigenvalue weighted by Crippen LogP contribution is 2.30. The van der Waals surface area contributed by atoms with Gasteiger partial charge in [0.05, 0.1) is 13.2 Å². The van der Waals surface area contributed by atoms with Crippen LogP contribution in [0.15, 0.2) is 48.5 Å². The summed E-state index contributed by atoms with van der Waals surface area (Å²) in [5.41, 5.74) is 6.68. The molecule has 3 N–H and O–H groups in total. The van der Waals surface area contributed by atoms with Crippen LogP contribution >= 0.6 is 0 Å². The molecule has 150 valence electrons. The third kappa shape index (κ3) is 5.83. The molecule has 0 saturated heterocycles. The first kappa shape index (κ1) is 19.9. The summed E-state index contributed by atoms with van der Waals surface area (Å²) in [5.74, 6) is -0.426. The normalized spacial score (nSPS) is 12.8. The van der Waals surface area contributed by atoms with Gasteiger partial charge in [-0.15, -0.1) is 0 Å². The fourth-order valence-corrected chi connectivity index (χ4v) is 2.55. The number of carbonyl (C=O) groups excluding carboxylic acids is 3. The van der Waals surface area contributed by atoms with E-state index in [1.54, 1.807) is 24.3 Å². The highest BCUT2D eigenvalue weighted by Gasteiger charge is 2.10. The van der Waals surface area contributed by atoms with Crippen molar-refractivity contribution in [3.8, 4) is 11.5 Å². The third-order valence-electron chi connectivity index (χ3n) is 3.98. The Kier molecular flexibility index (Phi) is 6.47. The van der Waals surface area contributed by atoms with E-state index in [9.17, 15) is 14.4 Å². The maximum absolute atomic E-state index is 11.9. The molecule has 8 nitrogen and oxygen atoms in total. The average molecular weight is 396 g/mol. The number of primary amides is 1. The summed E-state index contributed by atoms with van der Waals surface area (Å²) in [6.07, 6.45) is 3.61. The molecule has 0 spiro atoms. The summed E-state index contributed by atoms with van der Waals surface area (Å²) < 4.78 is 16.1. The van der Waals surface area contributed by atoms with E-state index in [1.165, 1.54) is 30.3 Å². The van der Waals surface area contributed by atoms with Gasteiger partial charge in [-0.1, -0.05) is 6.07 Å². The average Bonchev–Trinajstić information content (AvgIpc) is 2.96. The molecule has 8 heteroatoms. The van der Waals surface area contributed by atoms with Gasteiger partial charge in [0, 0.05) is 23.7 Å². The molecule has 1 aliphatic rings. The van der Waals surface area contributed by atoms with E-state index in [2.05, 4.69) is 5.32 Å². The lowest BCUT2D eigenvalue weighted by Gasteiger charge is -2.07. The number of benzene rings is 2. The summed E-state index contributed by atoms with van der Waals surface area (Å²) in [4.78, 5) is 34.7. The van der Waals surface area contributed by atoms with Crippen LogP contribution in [0, 0.1) is 0 Å². The molecule has 2 aromatic carbocycles. The Morgan fingerprint density at radius 3 is 2.48 bits per heavy atom. The molecular weight excluding hydrogens is 376 g/mol. The highest BCUT2D eigenvalue weighted by atomic mass is 16.5. The lowest BCUT2D eigenvalue weighted by Crippen LogP contribution is -2.20. The predicted octanol–water partition coefficient (Wildman–Crippen LogP) is 2.14. The van der Waals surface area contributed by atoms with Crippen LogP contribution in [-0.2, 0) is 14.3 Å². The number of amides is 2. The summed E-state index contributed by atoms with van der Waals surface area (Å²) in [6, 6.07) is 11.4. The van der Waals surface area contributed by atoms with E-state index < -0.39 is 24.4 Å². The molecule has 2 aromatic rings. The van der Waals surface area contributed by atoms with E-state index >= 15 is 0 Å². The second-order valence-corrected chi connectivity index (χ2v) is 6.19. The van der Waals surface area contributed by atoms with Crippen molar-refractivity contribution in [3.63, 3.8) is 0 Å². The molecule has 0 atom stereocenters. The Hall–Kier alpha value is -3.81. The zero-order chi connectivity index (χ0) is 20.6. The molecule has 0 fully saturated rings. The first-order valence-electron chi connectivity index (χ1n) is 8.95. The number of anilines is 1. The third-order valence-corrected chi connectivity index (χ3v) is 3.98. The minimum atomic E-state index is -0.656. The highest BCUT2D eigenvalue weighted by molar-refractivity contribution is 5.96. The van der Waals surface area contributed by atoms with Crippen molar-refractivity contribution in [1.82, 2.24) is 0 Å². The number of nitrogens with two attached hydrogens (primary N) is 1. The molecule has 1 heterocycles. The van der Waals surface area contributed by atoms with Crippen LogP contribution in [-0.4, -0.2) is 37.6 Å². The zero-order valence-corrected chi connectivity index (χ0v) is 15.6. The number of rotatable bonds is 6. The quantitative estimate of drug-likeness (QED) is 0.571. The van der Waals surface area contributed by atoms with Crippen LogP contribution in [0.1, 0.15) is 22.3 Å². The summed E-state index contributed by atoms with van der Waals surface area (Å²) in [6.45, 7) is 0.732. The van der Waals surface area contributed by atoms with E-state index in [0.29, 0.717) is 36.0 Å². The van der Waals surface area contributed by atoms with Gasteiger partial charge in [-0.25, -0.2) is 4.79 Å². The number of esters is 1. The largest absolute Gasteiger partial charge is 0.490 e. The molecule has 29 heavy (non-hydrogen) atoms. The molecule has 0 aliphatic carbocycles. The van der Waals surface area contributed by atoms with Crippen LogP contribution in [0.2, 0.25) is 0 Å². The van der Waals surface area contributed by atoms with Gasteiger partial charge in [0.2, 0.25) is 5.91 Å². The van der Waals surface area contributed by atoms with Crippen LogP contribution in [0.25, 0.3) is 6.08 Å². The predicted molar refractivity (Wildman–Crippen MR) is 106 cm³/mol. The van der Waals surface area contributed by atoms with Crippen LogP contribution in [0.4, 0.5) is 5.69 Å². The summed E-state index contributed by atoms with van der Waals surface area (Å²) in [7, 11) is 0. The van der Waals surface area contributed by atoms with Crippen molar-refractivity contribution in [2.75, 3.05) is 25.1 Å². The van der Waals surface area contributed by atoms with Crippen molar-refractivity contribution in [3.05, 3.63) is 59.7 Å². The molecule has 0 unspecified atom stereocenters. The standard InChI is InChI=1S/C21H20N2O6/c22-21(26)15-4-6-16(7-5-15)23-19(24)13-29-20(25)9-3-14-2-8-17-18(12-14)28-11-1-10-27-17/h2-9,12H,1,10-11,13H2,(H2,22,26)(H,23,24)/b9-3+. The van der Waals surface area contributed by atoms with Gasteiger partial charge in [0.15, 0.2) is 18.1 Å². The van der Waals surface area contributed by atoms with Crippen LogP contribution in [0.3, 0.4) is 0 Å². The smallest absolute Gasteiger partial charge is 0.331 e. The number of nitrogens with one attached hydrogen (secondary N) is 1. The van der Waals surface area contributed by atoms with Crippen molar-refractivity contribution in [2.45, 2.75) is 6.42 Å².